The summed E-state index contributed by atoms with van der Waals surface area (Å²) in [6.07, 6.45) is 1.54. The minimum atomic E-state index is -0.601. The highest BCUT2D eigenvalue weighted by Crippen LogP contribution is 2.40. The zero-order valence-corrected chi connectivity index (χ0v) is 19.6. The molecule has 1 unspecified atom stereocenters. The summed E-state index contributed by atoms with van der Waals surface area (Å²) in [4.78, 5) is 4.53. The lowest BCUT2D eigenvalue weighted by atomic mass is 9.94. The first-order valence-electron chi connectivity index (χ1n) is 10.8. The van der Waals surface area contributed by atoms with Gasteiger partial charge in [0.05, 0.1) is 30.2 Å². The van der Waals surface area contributed by atoms with Crippen molar-refractivity contribution in [3.63, 3.8) is 0 Å². The normalized spacial score (nSPS) is 11.8. The van der Waals surface area contributed by atoms with E-state index >= 15 is 4.39 Å². The topological polar surface area (TPSA) is 115 Å². The van der Waals surface area contributed by atoms with Crippen LogP contribution in [0, 0.1) is 11.2 Å². The molecule has 0 fully saturated rings. The van der Waals surface area contributed by atoms with E-state index in [2.05, 4.69) is 10.3 Å². The lowest BCUT2D eigenvalue weighted by Crippen LogP contribution is -2.15. The molecule has 8 heteroatoms. The number of phenols is 1. The molecule has 178 valence electrons. The third-order valence-electron chi connectivity index (χ3n) is 5.66. The van der Waals surface area contributed by atoms with E-state index < -0.39 is 11.9 Å². The van der Waals surface area contributed by atoms with Crippen molar-refractivity contribution < 1.29 is 14.6 Å². The fourth-order valence-electron chi connectivity index (χ4n) is 3.90. The second-order valence-corrected chi connectivity index (χ2v) is 8.55. The number of aromatic hydroxyl groups is 1. The first kappa shape index (κ1) is 24.2. The maximum atomic E-state index is 15.3. The Labute approximate surface area is 207 Å². The molecular weight excluding hydrogens is 467 g/mol. The van der Waals surface area contributed by atoms with Crippen LogP contribution in [-0.2, 0) is 0 Å². The first-order valence-corrected chi connectivity index (χ1v) is 11.2. The van der Waals surface area contributed by atoms with E-state index in [4.69, 9.17) is 22.7 Å². The van der Waals surface area contributed by atoms with Gasteiger partial charge < -0.3 is 26.7 Å². The number of aliphatic hydroxyl groups excluding tert-OH is 1. The van der Waals surface area contributed by atoms with E-state index in [-0.39, 0.29) is 29.3 Å². The molecule has 4 rings (SSSR count). The van der Waals surface area contributed by atoms with Gasteiger partial charge >= 0.3 is 0 Å². The van der Waals surface area contributed by atoms with Gasteiger partial charge in [0.2, 0.25) is 0 Å². The number of rotatable bonds is 7. The Bertz CT molecular complexity index is 1400. The molecule has 0 aliphatic rings. The Morgan fingerprint density at radius 2 is 1.83 bits per heavy atom. The highest BCUT2D eigenvalue weighted by Gasteiger charge is 2.20. The number of phenolic OH excluding ortho intramolecular Hbond substituents is 1. The van der Waals surface area contributed by atoms with Crippen LogP contribution in [-0.4, -0.2) is 27.5 Å². The molecule has 6 nitrogen and oxygen atoms in total. The maximum Gasteiger partial charge on any atom is 0.133 e. The number of hydrogen-bond acceptors (Lipinski definition) is 6. The number of nitrogen functional groups attached to an aromatic ring is 1. The Kier molecular flexibility index (Phi) is 7.00. The summed E-state index contributed by atoms with van der Waals surface area (Å²) in [5.41, 5.74) is 9.20. The molecule has 4 aromatic rings. The summed E-state index contributed by atoms with van der Waals surface area (Å²) in [5, 5.41) is 32.1. The van der Waals surface area contributed by atoms with Crippen LogP contribution in [0.2, 0.25) is 5.02 Å². The average Bonchev–Trinajstić information content (AvgIpc) is 2.84. The van der Waals surface area contributed by atoms with Crippen LogP contribution in [0.5, 0.6) is 5.75 Å². The third kappa shape index (κ3) is 5.11. The number of nitrogens with zero attached hydrogens (tertiary/aromatic N) is 1. The molecule has 0 aliphatic carbocycles. The standard InChI is InChI=1S/C27H24ClFN4O2/c1-15(30)19-11-20(23(29)12-24(19)31)21-10-18(33-25(14-34)16-5-3-2-4-6-16)13-32-27(21)22-9-17(28)7-8-26(22)35/h2-13,25,30,33-35H,14,31H2,1H3. The second kappa shape index (κ2) is 10.1. The van der Waals surface area contributed by atoms with Crippen molar-refractivity contribution in [2.45, 2.75) is 13.0 Å². The van der Waals surface area contributed by atoms with Gasteiger partial charge in [0.15, 0.2) is 0 Å². The monoisotopic (exact) mass is 490 g/mol. The smallest absolute Gasteiger partial charge is 0.133 e. The predicted molar refractivity (Wildman–Crippen MR) is 139 cm³/mol. The number of aliphatic hydroxyl groups is 1. The van der Waals surface area contributed by atoms with Crippen molar-refractivity contribution in [1.82, 2.24) is 4.98 Å². The molecule has 1 heterocycles. The zero-order chi connectivity index (χ0) is 25.1. The Morgan fingerprint density at radius 1 is 1.09 bits per heavy atom. The molecule has 3 aromatic carbocycles. The van der Waals surface area contributed by atoms with Crippen molar-refractivity contribution in [3.05, 3.63) is 94.9 Å². The predicted octanol–water partition coefficient (Wildman–Crippen LogP) is 6.03. The summed E-state index contributed by atoms with van der Waals surface area (Å²) in [5.74, 6) is -0.670. The summed E-state index contributed by atoms with van der Waals surface area (Å²) >= 11 is 6.17. The Balaban J connectivity index is 1.90. The van der Waals surface area contributed by atoms with E-state index in [1.54, 1.807) is 31.3 Å². The molecule has 1 aromatic heterocycles. The van der Waals surface area contributed by atoms with Gasteiger partial charge in [-0.2, -0.15) is 0 Å². The van der Waals surface area contributed by atoms with Crippen molar-refractivity contribution in [2.24, 2.45) is 0 Å². The number of anilines is 2. The van der Waals surface area contributed by atoms with E-state index in [9.17, 15) is 10.2 Å². The van der Waals surface area contributed by atoms with Crippen molar-refractivity contribution in [3.8, 4) is 28.1 Å². The van der Waals surface area contributed by atoms with E-state index in [1.807, 2.05) is 30.3 Å². The lowest BCUT2D eigenvalue weighted by molar-refractivity contribution is 0.276. The van der Waals surface area contributed by atoms with Crippen LogP contribution in [0.15, 0.2) is 72.9 Å². The van der Waals surface area contributed by atoms with Gasteiger partial charge in [0.25, 0.3) is 0 Å². The Morgan fingerprint density at radius 3 is 2.51 bits per heavy atom. The fraction of sp³-hybridized carbons (Fsp3) is 0.111. The van der Waals surface area contributed by atoms with E-state index in [0.29, 0.717) is 33.1 Å². The van der Waals surface area contributed by atoms with Crippen LogP contribution in [0.3, 0.4) is 0 Å². The molecule has 6 N–H and O–H groups in total. The number of aromatic nitrogens is 1. The third-order valence-corrected chi connectivity index (χ3v) is 5.90. The number of nitrogens with one attached hydrogen (secondary N) is 2. The highest BCUT2D eigenvalue weighted by atomic mass is 35.5. The summed E-state index contributed by atoms with van der Waals surface area (Å²) in [7, 11) is 0. The average molecular weight is 491 g/mol. The molecule has 0 bridgehead atoms. The van der Waals surface area contributed by atoms with Crippen LogP contribution in [0.25, 0.3) is 22.4 Å². The van der Waals surface area contributed by atoms with E-state index in [0.717, 1.165) is 5.56 Å². The van der Waals surface area contributed by atoms with Gasteiger partial charge in [-0.15, -0.1) is 0 Å². The molecule has 0 saturated carbocycles. The molecule has 0 amide bonds. The van der Waals surface area contributed by atoms with Crippen LogP contribution >= 0.6 is 11.6 Å². The minimum Gasteiger partial charge on any atom is -0.507 e. The molecule has 35 heavy (non-hydrogen) atoms. The van der Waals surface area contributed by atoms with Gasteiger partial charge in [-0.1, -0.05) is 41.9 Å². The Hall–Kier alpha value is -3.94. The first-order chi connectivity index (χ1) is 16.8. The highest BCUT2D eigenvalue weighted by molar-refractivity contribution is 6.31. The number of benzene rings is 3. The van der Waals surface area contributed by atoms with Gasteiger partial charge in [0, 0.05) is 38.7 Å². The van der Waals surface area contributed by atoms with Crippen molar-refractivity contribution >= 4 is 28.7 Å². The van der Waals surface area contributed by atoms with E-state index in [1.165, 1.54) is 18.2 Å². The summed E-state index contributed by atoms with van der Waals surface area (Å²) in [6, 6.07) is 17.9. The molecule has 0 aliphatic heterocycles. The second-order valence-electron chi connectivity index (χ2n) is 8.12. The van der Waals surface area contributed by atoms with Gasteiger partial charge in [-0.25, -0.2) is 4.39 Å². The number of pyridine rings is 1. The van der Waals surface area contributed by atoms with Gasteiger partial charge in [-0.05, 0) is 48.9 Å². The zero-order valence-electron chi connectivity index (χ0n) is 18.9. The molecule has 1 atom stereocenters. The quantitative estimate of drug-likeness (QED) is 0.160. The van der Waals surface area contributed by atoms with Gasteiger partial charge in [0.1, 0.15) is 11.6 Å². The van der Waals surface area contributed by atoms with Gasteiger partial charge in [-0.3, -0.25) is 4.98 Å². The summed E-state index contributed by atoms with van der Waals surface area (Å²) in [6.45, 7) is 1.39. The van der Waals surface area contributed by atoms with Crippen molar-refractivity contribution in [2.75, 3.05) is 17.7 Å². The lowest BCUT2D eigenvalue weighted by Gasteiger charge is -2.20. The number of hydrogen-bond donors (Lipinski definition) is 5. The summed E-state index contributed by atoms with van der Waals surface area (Å²) < 4.78 is 15.3. The minimum absolute atomic E-state index is 0.0688. The largest absolute Gasteiger partial charge is 0.507 e. The molecule has 0 spiro atoms. The van der Waals surface area contributed by atoms with Crippen molar-refractivity contribution in [1.29, 1.82) is 5.41 Å². The van der Waals surface area contributed by atoms with Crippen LogP contribution in [0.1, 0.15) is 24.1 Å². The number of halogens is 2. The number of nitrogens with two attached hydrogens (primary N) is 1. The fourth-order valence-corrected chi connectivity index (χ4v) is 4.07. The molecule has 0 saturated heterocycles. The molecule has 0 radical (unpaired) electrons. The SMILES string of the molecule is CC(=N)c1cc(-c2cc(NC(CO)c3ccccc3)cnc2-c2cc(Cl)ccc2O)c(F)cc1N. The maximum absolute atomic E-state index is 15.3. The molecular formula is C27H24ClFN4O2. The van der Waals surface area contributed by atoms with Crippen LogP contribution in [0.4, 0.5) is 15.8 Å². The van der Waals surface area contributed by atoms with Crippen LogP contribution < -0.4 is 11.1 Å².